The van der Waals surface area contributed by atoms with E-state index in [9.17, 15) is 0 Å². The fourth-order valence-electron chi connectivity index (χ4n) is 2.29. The van der Waals surface area contributed by atoms with Gasteiger partial charge in [-0.3, -0.25) is 4.98 Å². The second kappa shape index (κ2) is 5.23. The van der Waals surface area contributed by atoms with Crippen LogP contribution >= 0.6 is 11.3 Å². The summed E-state index contributed by atoms with van der Waals surface area (Å²) in [7, 11) is 0. The molecule has 0 aliphatic heterocycles. The van der Waals surface area contributed by atoms with Gasteiger partial charge in [0.25, 0.3) is 0 Å². The van der Waals surface area contributed by atoms with Crippen LogP contribution in [-0.4, -0.2) is 19.7 Å². The summed E-state index contributed by atoms with van der Waals surface area (Å²) < 4.78 is 2.99. The lowest BCUT2D eigenvalue weighted by atomic mass is 10.2. The lowest BCUT2D eigenvalue weighted by molar-refractivity contribution is 0.878. The number of hydrogen-bond acceptors (Lipinski definition) is 5. The molecule has 3 aromatic heterocycles. The van der Waals surface area contributed by atoms with E-state index >= 15 is 0 Å². The first-order chi connectivity index (χ1) is 10.8. The van der Waals surface area contributed by atoms with Crippen LogP contribution in [0, 0.1) is 6.92 Å². The second-order valence-corrected chi connectivity index (χ2v) is 5.98. The van der Waals surface area contributed by atoms with Gasteiger partial charge in [0.15, 0.2) is 5.13 Å². The summed E-state index contributed by atoms with van der Waals surface area (Å²) >= 11 is 1.64. The molecule has 1 aromatic carbocycles. The van der Waals surface area contributed by atoms with E-state index < -0.39 is 0 Å². The van der Waals surface area contributed by atoms with Crippen LogP contribution in [0.4, 0.5) is 10.8 Å². The Morgan fingerprint density at radius 1 is 1.14 bits per heavy atom. The van der Waals surface area contributed by atoms with E-state index in [1.54, 1.807) is 29.9 Å². The zero-order valence-corrected chi connectivity index (χ0v) is 12.7. The summed E-state index contributed by atoms with van der Waals surface area (Å²) in [5, 5.41) is 8.55. The molecule has 0 aliphatic rings. The van der Waals surface area contributed by atoms with E-state index in [4.69, 9.17) is 0 Å². The highest BCUT2D eigenvalue weighted by Gasteiger charge is 2.07. The number of nitrogens with one attached hydrogen (secondary N) is 1. The van der Waals surface area contributed by atoms with E-state index in [0.717, 1.165) is 22.0 Å². The van der Waals surface area contributed by atoms with Gasteiger partial charge >= 0.3 is 0 Å². The third-order valence-corrected chi connectivity index (χ3v) is 4.32. The molecular formula is C16H13N5S. The summed E-state index contributed by atoms with van der Waals surface area (Å²) in [6, 6.07) is 10.1. The Morgan fingerprint density at radius 3 is 2.82 bits per heavy atom. The first kappa shape index (κ1) is 13.0. The van der Waals surface area contributed by atoms with Crippen molar-refractivity contribution < 1.29 is 0 Å². The average Bonchev–Trinajstić information content (AvgIpc) is 3.16. The quantitative estimate of drug-likeness (QED) is 0.623. The Morgan fingerprint density at radius 2 is 2.00 bits per heavy atom. The molecule has 0 fully saturated rings. The monoisotopic (exact) mass is 307 g/mol. The number of nitrogens with zero attached hydrogens (tertiary/aromatic N) is 4. The molecular weight excluding hydrogens is 294 g/mol. The third-order valence-electron chi connectivity index (χ3n) is 3.38. The maximum absolute atomic E-state index is 4.65. The van der Waals surface area contributed by atoms with Crippen LogP contribution < -0.4 is 5.32 Å². The Hall–Kier alpha value is -2.73. The highest BCUT2D eigenvalue weighted by Crippen LogP contribution is 2.29. The van der Waals surface area contributed by atoms with E-state index in [-0.39, 0.29) is 0 Å². The molecule has 0 amide bonds. The average molecular weight is 307 g/mol. The van der Waals surface area contributed by atoms with Gasteiger partial charge in [-0.2, -0.15) is 5.10 Å². The molecule has 0 spiro atoms. The van der Waals surface area contributed by atoms with Gasteiger partial charge in [0.2, 0.25) is 0 Å². The first-order valence-electron chi connectivity index (χ1n) is 6.88. The zero-order valence-electron chi connectivity index (χ0n) is 11.9. The fraction of sp³-hybridized carbons (Fsp3) is 0.0625. The highest BCUT2D eigenvalue weighted by atomic mass is 32.1. The Labute approximate surface area is 131 Å². The highest BCUT2D eigenvalue weighted by molar-refractivity contribution is 7.22. The molecule has 0 aliphatic carbocycles. The number of aromatic nitrogens is 4. The van der Waals surface area contributed by atoms with Gasteiger partial charge in [0.1, 0.15) is 0 Å². The fourth-order valence-corrected chi connectivity index (χ4v) is 3.25. The van der Waals surface area contributed by atoms with Crippen molar-refractivity contribution in [2.45, 2.75) is 6.92 Å². The minimum atomic E-state index is 0.874. The molecule has 6 heteroatoms. The maximum atomic E-state index is 4.65. The number of benzene rings is 1. The van der Waals surface area contributed by atoms with Gasteiger partial charge in [-0.1, -0.05) is 23.5 Å². The van der Waals surface area contributed by atoms with Crippen LogP contribution in [0.1, 0.15) is 5.56 Å². The van der Waals surface area contributed by atoms with Crippen LogP contribution in [-0.2, 0) is 0 Å². The number of thiazole rings is 1. The molecule has 1 N–H and O–H groups in total. The van der Waals surface area contributed by atoms with Gasteiger partial charge < -0.3 is 5.32 Å². The summed E-state index contributed by atoms with van der Waals surface area (Å²) in [4.78, 5) is 8.66. The molecule has 108 valence electrons. The molecule has 0 saturated heterocycles. The van der Waals surface area contributed by atoms with E-state index in [0.29, 0.717) is 0 Å². The minimum absolute atomic E-state index is 0.874. The normalized spacial score (nSPS) is 11.0. The van der Waals surface area contributed by atoms with Gasteiger partial charge in [-0.05, 0) is 30.7 Å². The van der Waals surface area contributed by atoms with E-state index in [2.05, 4.69) is 45.5 Å². The number of rotatable bonds is 3. The number of anilines is 2. The van der Waals surface area contributed by atoms with Crippen LogP contribution in [0.25, 0.3) is 15.9 Å². The molecule has 0 unspecified atom stereocenters. The third kappa shape index (κ3) is 2.33. The Kier molecular flexibility index (Phi) is 3.08. The SMILES string of the molecule is Cc1cccc2sc(Nc3cnn(-c4ccncc4)c3)nc12. The van der Waals surface area contributed by atoms with Crippen molar-refractivity contribution in [1.29, 1.82) is 0 Å². The molecule has 5 nitrogen and oxygen atoms in total. The van der Waals surface area contributed by atoms with Gasteiger partial charge in [0, 0.05) is 12.4 Å². The summed E-state index contributed by atoms with van der Waals surface area (Å²) in [6.07, 6.45) is 7.23. The van der Waals surface area contributed by atoms with Crippen molar-refractivity contribution >= 4 is 32.4 Å². The number of para-hydroxylation sites is 1. The standard InChI is InChI=1S/C16H13N5S/c1-11-3-2-4-14-15(11)20-16(22-14)19-12-9-18-21(10-12)13-5-7-17-8-6-13/h2-10H,1H3,(H,19,20). The maximum Gasteiger partial charge on any atom is 0.188 e. The van der Waals surface area contributed by atoms with Crippen LogP contribution in [0.15, 0.2) is 55.1 Å². The molecule has 4 rings (SSSR count). The molecule has 4 aromatic rings. The van der Waals surface area contributed by atoms with Crippen LogP contribution in [0.5, 0.6) is 0 Å². The summed E-state index contributed by atoms with van der Waals surface area (Å²) in [5.41, 5.74) is 4.13. The second-order valence-electron chi connectivity index (χ2n) is 4.94. The number of hydrogen-bond donors (Lipinski definition) is 1. The molecule has 3 heterocycles. The number of fused-ring (bicyclic) bond motifs is 1. The number of pyridine rings is 1. The smallest absolute Gasteiger partial charge is 0.188 e. The summed E-state index contributed by atoms with van der Waals surface area (Å²) in [6.45, 7) is 2.08. The number of aryl methyl sites for hydroxylation is 1. The lowest BCUT2D eigenvalue weighted by Crippen LogP contribution is -1.93. The Balaban J connectivity index is 1.63. The molecule has 0 atom stereocenters. The largest absolute Gasteiger partial charge is 0.329 e. The predicted molar refractivity (Wildman–Crippen MR) is 89.0 cm³/mol. The molecule has 0 radical (unpaired) electrons. The topological polar surface area (TPSA) is 55.6 Å². The van der Waals surface area contributed by atoms with Crippen LogP contribution in [0.3, 0.4) is 0 Å². The zero-order chi connectivity index (χ0) is 14.9. The van der Waals surface area contributed by atoms with Crippen LogP contribution in [0.2, 0.25) is 0 Å². The first-order valence-corrected chi connectivity index (χ1v) is 7.69. The molecule has 22 heavy (non-hydrogen) atoms. The van der Waals surface area contributed by atoms with Crippen molar-refractivity contribution in [3.63, 3.8) is 0 Å². The van der Waals surface area contributed by atoms with Gasteiger partial charge in [-0.25, -0.2) is 9.67 Å². The van der Waals surface area contributed by atoms with Gasteiger partial charge in [-0.15, -0.1) is 0 Å². The minimum Gasteiger partial charge on any atom is -0.329 e. The van der Waals surface area contributed by atoms with Crippen molar-refractivity contribution in [2.24, 2.45) is 0 Å². The summed E-state index contributed by atoms with van der Waals surface area (Å²) in [5.74, 6) is 0. The van der Waals surface area contributed by atoms with E-state index in [1.165, 1.54) is 10.3 Å². The predicted octanol–water partition coefficient (Wildman–Crippen LogP) is 3.93. The van der Waals surface area contributed by atoms with Crippen molar-refractivity contribution in [1.82, 2.24) is 19.7 Å². The van der Waals surface area contributed by atoms with Crippen molar-refractivity contribution in [2.75, 3.05) is 5.32 Å². The van der Waals surface area contributed by atoms with Gasteiger partial charge in [0.05, 0.1) is 34.0 Å². The molecule has 0 saturated carbocycles. The Bertz CT molecular complexity index is 926. The van der Waals surface area contributed by atoms with E-state index in [1.807, 2.05) is 23.0 Å². The molecule has 0 bridgehead atoms. The van der Waals surface area contributed by atoms with Crippen molar-refractivity contribution in [3.8, 4) is 5.69 Å². The lowest BCUT2D eigenvalue weighted by Gasteiger charge is -1.99. The van der Waals surface area contributed by atoms with Crippen molar-refractivity contribution in [3.05, 3.63) is 60.7 Å².